The lowest BCUT2D eigenvalue weighted by Crippen LogP contribution is -2.39. The van der Waals surface area contributed by atoms with E-state index in [1.807, 2.05) is 18.2 Å². The minimum atomic E-state index is -0.157. The minimum Gasteiger partial charge on any atom is -0.378 e. The summed E-state index contributed by atoms with van der Waals surface area (Å²) in [5.74, 6) is -0.157. The molecule has 0 bridgehead atoms. The Kier molecular flexibility index (Phi) is 3.70. The zero-order chi connectivity index (χ0) is 11.4. The van der Waals surface area contributed by atoms with Gasteiger partial charge in [-0.2, -0.15) is 0 Å². The van der Waals surface area contributed by atoms with E-state index < -0.39 is 0 Å². The van der Waals surface area contributed by atoms with Crippen LogP contribution in [0.15, 0.2) is 24.3 Å². The highest BCUT2D eigenvalue weighted by Gasteiger charge is 2.08. The van der Waals surface area contributed by atoms with Crippen LogP contribution in [0.4, 0.5) is 4.39 Å². The highest BCUT2D eigenvalue weighted by atomic mass is 19.1. The number of morpholine rings is 1. The molecule has 3 heteroatoms. The van der Waals surface area contributed by atoms with Gasteiger partial charge in [0.05, 0.1) is 13.2 Å². The van der Waals surface area contributed by atoms with Crippen LogP contribution in [0.1, 0.15) is 11.1 Å². The smallest absolute Gasteiger partial charge is 0.126 e. The van der Waals surface area contributed by atoms with Gasteiger partial charge in [-0.15, -0.1) is 0 Å². The van der Waals surface area contributed by atoms with Crippen LogP contribution in [-0.4, -0.2) is 25.8 Å². The van der Waals surface area contributed by atoms with Crippen molar-refractivity contribution in [3.8, 4) is 0 Å². The van der Waals surface area contributed by atoms with E-state index in [-0.39, 0.29) is 11.9 Å². The van der Waals surface area contributed by atoms with Crippen molar-refractivity contribution in [2.24, 2.45) is 0 Å². The summed E-state index contributed by atoms with van der Waals surface area (Å²) in [5.41, 5.74) is 1.56. The number of hydrogen-bond donors (Lipinski definition) is 1. The quantitative estimate of drug-likeness (QED) is 0.826. The maximum absolute atomic E-state index is 13.3. The van der Waals surface area contributed by atoms with Gasteiger partial charge >= 0.3 is 0 Å². The topological polar surface area (TPSA) is 21.3 Å². The first-order valence-corrected chi connectivity index (χ1v) is 5.51. The molecule has 0 aromatic heterocycles. The number of rotatable bonds is 2. The summed E-state index contributed by atoms with van der Waals surface area (Å²) in [6, 6.07) is 5.49. The van der Waals surface area contributed by atoms with Crippen molar-refractivity contribution in [2.45, 2.75) is 13.0 Å². The zero-order valence-electron chi connectivity index (χ0n) is 9.37. The summed E-state index contributed by atoms with van der Waals surface area (Å²) >= 11 is 0. The lowest BCUT2D eigenvalue weighted by molar-refractivity contribution is 0.0903. The molecule has 86 valence electrons. The maximum Gasteiger partial charge on any atom is 0.126 e. The predicted molar refractivity (Wildman–Crippen MR) is 62.8 cm³/mol. The summed E-state index contributed by atoms with van der Waals surface area (Å²) in [6.45, 7) is 4.09. The van der Waals surface area contributed by atoms with E-state index in [1.165, 1.54) is 0 Å². The van der Waals surface area contributed by atoms with Crippen LogP contribution in [0.25, 0.3) is 6.08 Å². The molecular formula is C13H16FNO. The van der Waals surface area contributed by atoms with Crippen molar-refractivity contribution in [1.82, 2.24) is 5.32 Å². The third-order valence-corrected chi connectivity index (χ3v) is 2.67. The number of ether oxygens (including phenoxy) is 1. The average Bonchev–Trinajstić information content (AvgIpc) is 2.32. The molecule has 1 saturated heterocycles. The molecule has 1 aromatic carbocycles. The van der Waals surface area contributed by atoms with E-state index in [0.717, 1.165) is 18.7 Å². The van der Waals surface area contributed by atoms with E-state index in [0.29, 0.717) is 12.2 Å². The van der Waals surface area contributed by atoms with Gasteiger partial charge in [0.25, 0.3) is 0 Å². The first-order valence-electron chi connectivity index (χ1n) is 5.51. The molecule has 1 atom stereocenters. The van der Waals surface area contributed by atoms with Crippen molar-refractivity contribution in [1.29, 1.82) is 0 Å². The number of hydrogen-bond acceptors (Lipinski definition) is 2. The molecule has 0 amide bonds. The van der Waals surface area contributed by atoms with Crippen LogP contribution >= 0.6 is 0 Å². The second kappa shape index (κ2) is 5.23. The van der Waals surface area contributed by atoms with Gasteiger partial charge in [0.1, 0.15) is 5.82 Å². The van der Waals surface area contributed by atoms with E-state index in [9.17, 15) is 4.39 Å². The summed E-state index contributed by atoms with van der Waals surface area (Å²) in [7, 11) is 0. The second-order valence-electron chi connectivity index (χ2n) is 4.00. The van der Waals surface area contributed by atoms with Crippen LogP contribution in [0.2, 0.25) is 0 Å². The molecule has 2 nitrogen and oxygen atoms in total. The van der Waals surface area contributed by atoms with E-state index in [2.05, 4.69) is 5.32 Å². The first kappa shape index (κ1) is 11.3. The molecule has 0 spiro atoms. The fraction of sp³-hybridized carbons (Fsp3) is 0.385. The summed E-state index contributed by atoms with van der Waals surface area (Å²) in [6.07, 6.45) is 3.94. The third kappa shape index (κ3) is 2.90. The molecule has 1 fully saturated rings. The zero-order valence-corrected chi connectivity index (χ0v) is 9.37. The van der Waals surface area contributed by atoms with Crippen molar-refractivity contribution < 1.29 is 9.13 Å². The van der Waals surface area contributed by atoms with E-state index in [1.54, 1.807) is 19.1 Å². The second-order valence-corrected chi connectivity index (χ2v) is 4.00. The molecule has 1 heterocycles. The van der Waals surface area contributed by atoms with Crippen LogP contribution in [0, 0.1) is 12.7 Å². The van der Waals surface area contributed by atoms with E-state index in [4.69, 9.17) is 4.74 Å². The van der Waals surface area contributed by atoms with Crippen molar-refractivity contribution in [3.05, 3.63) is 41.2 Å². The number of nitrogens with one attached hydrogen (secondary N) is 1. The Balaban J connectivity index is 2.02. The molecule has 1 aromatic rings. The number of benzene rings is 1. The summed E-state index contributed by atoms with van der Waals surface area (Å²) in [4.78, 5) is 0. The van der Waals surface area contributed by atoms with Crippen molar-refractivity contribution >= 4 is 6.08 Å². The van der Waals surface area contributed by atoms with E-state index >= 15 is 0 Å². The monoisotopic (exact) mass is 221 g/mol. The Morgan fingerprint density at radius 3 is 3.06 bits per heavy atom. The fourth-order valence-corrected chi connectivity index (χ4v) is 1.65. The minimum absolute atomic E-state index is 0.157. The van der Waals surface area contributed by atoms with Crippen LogP contribution < -0.4 is 5.32 Å². The Morgan fingerprint density at radius 1 is 1.50 bits per heavy atom. The van der Waals surface area contributed by atoms with Gasteiger partial charge in [-0.3, -0.25) is 0 Å². The molecule has 1 aliphatic rings. The molecule has 2 rings (SSSR count). The Labute approximate surface area is 95.1 Å². The van der Waals surface area contributed by atoms with Gasteiger partial charge < -0.3 is 10.1 Å². The highest BCUT2D eigenvalue weighted by Crippen LogP contribution is 2.11. The molecule has 1 aliphatic heterocycles. The van der Waals surface area contributed by atoms with Crippen molar-refractivity contribution in [2.75, 3.05) is 19.8 Å². The normalized spacial score (nSPS) is 21.5. The average molecular weight is 221 g/mol. The van der Waals surface area contributed by atoms with Gasteiger partial charge in [0.15, 0.2) is 0 Å². The van der Waals surface area contributed by atoms with Gasteiger partial charge in [0.2, 0.25) is 0 Å². The van der Waals surface area contributed by atoms with Gasteiger partial charge in [0, 0.05) is 12.6 Å². The Morgan fingerprint density at radius 2 is 2.38 bits per heavy atom. The molecule has 1 N–H and O–H groups in total. The summed E-state index contributed by atoms with van der Waals surface area (Å²) in [5, 5.41) is 3.31. The van der Waals surface area contributed by atoms with Crippen LogP contribution in [0.3, 0.4) is 0 Å². The fourth-order valence-electron chi connectivity index (χ4n) is 1.65. The SMILES string of the molecule is Cc1ccc(/C=C/C2COCCN2)cc1F. The number of halogens is 1. The standard InChI is InChI=1S/C13H16FNO/c1-10-2-3-11(8-13(10)14)4-5-12-9-16-7-6-15-12/h2-5,8,12,15H,6-7,9H2,1H3/b5-4+. The molecule has 0 saturated carbocycles. The molecule has 1 unspecified atom stereocenters. The van der Waals surface area contributed by atoms with Gasteiger partial charge in [-0.1, -0.05) is 24.3 Å². The first-order chi connectivity index (χ1) is 7.75. The Bertz CT molecular complexity index is 384. The van der Waals surface area contributed by atoms with Crippen LogP contribution in [-0.2, 0) is 4.74 Å². The molecular weight excluding hydrogens is 205 g/mol. The molecule has 0 radical (unpaired) electrons. The molecule has 16 heavy (non-hydrogen) atoms. The lowest BCUT2D eigenvalue weighted by atomic mass is 10.1. The van der Waals surface area contributed by atoms with Crippen molar-refractivity contribution in [3.63, 3.8) is 0 Å². The maximum atomic E-state index is 13.3. The van der Waals surface area contributed by atoms with Gasteiger partial charge in [-0.05, 0) is 24.1 Å². The van der Waals surface area contributed by atoms with Crippen LogP contribution in [0.5, 0.6) is 0 Å². The largest absolute Gasteiger partial charge is 0.378 e. The number of aryl methyl sites for hydroxylation is 1. The third-order valence-electron chi connectivity index (χ3n) is 2.67. The lowest BCUT2D eigenvalue weighted by Gasteiger charge is -2.20. The molecule has 0 aliphatic carbocycles. The highest BCUT2D eigenvalue weighted by molar-refractivity contribution is 5.50. The predicted octanol–water partition coefficient (Wildman–Crippen LogP) is 2.14. The summed E-state index contributed by atoms with van der Waals surface area (Å²) < 4.78 is 18.6. The van der Waals surface area contributed by atoms with Gasteiger partial charge in [-0.25, -0.2) is 4.39 Å². The Hall–Kier alpha value is -1.19.